The van der Waals surface area contributed by atoms with Crippen molar-refractivity contribution in [3.05, 3.63) is 0 Å². The van der Waals surface area contributed by atoms with E-state index < -0.39 is 0 Å². The van der Waals surface area contributed by atoms with Crippen LogP contribution in [0.3, 0.4) is 0 Å². The molecular formula is C16H34N4. The van der Waals surface area contributed by atoms with Crippen LogP contribution >= 0.6 is 0 Å². The van der Waals surface area contributed by atoms with Crippen molar-refractivity contribution >= 4 is 0 Å². The van der Waals surface area contributed by atoms with Crippen molar-refractivity contribution in [2.45, 2.75) is 57.2 Å². The van der Waals surface area contributed by atoms with Gasteiger partial charge in [-0.15, -0.1) is 0 Å². The molecule has 2 aliphatic heterocycles. The number of nitrogens with two attached hydrogens (primary N) is 1. The van der Waals surface area contributed by atoms with Gasteiger partial charge < -0.3 is 15.5 Å². The van der Waals surface area contributed by atoms with Crippen molar-refractivity contribution in [1.82, 2.24) is 14.7 Å². The Balaban J connectivity index is 1.97. The topological polar surface area (TPSA) is 35.7 Å². The second-order valence-corrected chi connectivity index (χ2v) is 7.20. The van der Waals surface area contributed by atoms with E-state index in [0.717, 1.165) is 12.6 Å². The second-order valence-electron chi connectivity index (χ2n) is 7.20. The molecule has 0 aromatic heterocycles. The van der Waals surface area contributed by atoms with Crippen LogP contribution in [0, 0.1) is 0 Å². The van der Waals surface area contributed by atoms with Gasteiger partial charge in [-0.2, -0.15) is 0 Å². The minimum absolute atomic E-state index is 0.242. The quantitative estimate of drug-likeness (QED) is 0.841. The summed E-state index contributed by atoms with van der Waals surface area (Å²) < 4.78 is 0. The first-order valence-electron chi connectivity index (χ1n) is 8.34. The Hall–Kier alpha value is -0.160. The fraction of sp³-hybridized carbons (Fsp3) is 1.00. The van der Waals surface area contributed by atoms with Gasteiger partial charge in [0.2, 0.25) is 0 Å². The van der Waals surface area contributed by atoms with E-state index in [-0.39, 0.29) is 5.54 Å². The van der Waals surface area contributed by atoms with Crippen molar-refractivity contribution in [3.8, 4) is 0 Å². The molecule has 0 aromatic carbocycles. The first-order chi connectivity index (χ1) is 9.48. The molecule has 118 valence electrons. The van der Waals surface area contributed by atoms with Gasteiger partial charge >= 0.3 is 0 Å². The number of likely N-dealkylation sites (tertiary alicyclic amines) is 2. The van der Waals surface area contributed by atoms with Crippen LogP contribution in [0.25, 0.3) is 0 Å². The highest BCUT2D eigenvalue weighted by molar-refractivity contribution is 4.98. The number of nitrogens with zero attached hydrogens (tertiary/aromatic N) is 3. The molecule has 4 nitrogen and oxygen atoms in total. The van der Waals surface area contributed by atoms with Crippen molar-refractivity contribution in [3.63, 3.8) is 0 Å². The minimum Gasteiger partial charge on any atom is -0.329 e. The van der Waals surface area contributed by atoms with Crippen LogP contribution in [-0.4, -0.2) is 79.1 Å². The molecule has 0 saturated carbocycles. The largest absolute Gasteiger partial charge is 0.329 e. The van der Waals surface area contributed by atoms with Gasteiger partial charge in [-0.1, -0.05) is 0 Å². The molecular weight excluding hydrogens is 248 g/mol. The molecule has 2 N–H and O–H groups in total. The highest BCUT2D eigenvalue weighted by atomic mass is 15.3. The third-order valence-corrected chi connectivity index (χ3v) is 5.82. The van der Waals surface area contributed by atoms with Crippen LogP contribution < -0.4 is 5.73 Å². The van der Waals surface area contributed by atoms with Crippen LogP contribution in [0.4, 0.5) is 0 Å². The molecule has 2 saturated heterocycles. The minimum atomic E-state index is 0.242. The predicted molar refractivity (Wildman–Crippen MR) is 86.0 cm³/mol. The van der Waals surface area contributed by atoms with Crippen molar-refractivity contribution in [1.29, 1.82) is 0 Å². The first kappa shape index (κ1) is 16.2. The lowest BCUT2D eigenvalue weighted by molar-refractivity contribution is -0.00731. The third-order valence-electron chi connectivity index (χ3n) is 5.82. The predicted octanol–water partition coefficient (Wildman–Crippen LogP) is 1.21. The Kier molecular flexibility index (Phi) is 5.46. The normalized spacial score (nSPS) is 26.6. The van der Waals surface area contributed by atoms with E-state index in [1.54, 1.807) is 0 Å². The molecule has 2 aliphatic rings. The van der Waals surface area contributed by atoms with E-state index in [1.807, 2.05) is 0 Å². The number of hydrogen-bond acceptors (Lipinski definition) is 4. The second kappa shape index (κ2) is 6.73. The average molecular weight is 282 g/mol. The summed E-state index contributed by atoms with van der Waals surface area (Å²) in [5.74, 6) is 0. The zero-order chi connectivity index (χ0) is 14.8. The summed E-state index contributed by atoms with van der Waals surface area (Å²) in [5.41, 5.74) is 6.47. The summed E-state index contributed by atoms with van der Waals surface area (Å²) in [6.07, 6.45) is 5.04. The van der Waals surface area contributed by atoms with E-state index in [2.05, 4.69) is 42.6 Å². The number of rotatable bonds is 4. The molecule has 0 unspecified atom stereocenters. The van der Waals surface area contributed by atoms with Crippen molar-refractivity contribution in [2.75, 3.05) is 46.8 Å². The number of hydrogen-bond donors (Lipinski definition) is 1. The van der Waals surface area contributed by atoms with Gasteiger partial charge in [-0.25, -0.2) is 0 Å². The van der Waals surface area contributed by atoms with E-state index >= 15 is 0 Å². The Morgan fingerprint density at radius 3 is 2.15 bits per heavy atom. The Morgan fingerprint density at radius 2 is 1.70 bits per heavy atom. The summed E-state index contributed by atoms with van der Waals surface area (Å²) in [6, 6.07) is 1.39. The van der Waals surface area contributed by atoms with E-state index in [1.165, 1.54) is 51.9 Å². The van der Waals surface area contributed by atoms with Crippen molar-refractivity contribution in [2.24, 2.45) is 5.73 Å². The van der Waals surface area contributed by atoms with E-state index in [0.29, 0.717) is 6.04 Å². The van der Waals surface area contributed by atoms with Gasteiger partial charge in [0.15, 0.2) is 0 Å². The maximum Gasteiger partial charge on any atom is 0.0355 e. The Morgan fingerprint density at radius 1 is 1.15 bits per heavy atom. The summed E-state index contributed by atoms with van der Waals surface area (Å²) in [7, 11) is 4.56. The van der Waals surface area contributed by atoms with Gasteiger partial charge in [-0.05, 0) is 66.7 Å². The smallest absolute Gasteiger partial charge is 0.0355 e. The maximum absolute atomic E-state index is 6.22. The summed E-state index contributed by atoms with van der Waals surface area (Å²) in [6.45, 7) is 10.3. The molecule has 4 heteroatoms. The highest BCUT2D eigenvalue weighted by Crippen LogP contribution is 2.32. The lowest BCUT2D eigenvalue weighted by Crippen LogP contribution is -2.62. The molecule has 2 rings (SSSR count). The molecule has 2 heterocycles. The lowest BCUT2D eigenvalue weighted by Gasteiger charge is -2.51. The van der Waals surface area contributed by atoms with Gasteiger partial charge in [0, 0.05) is 37.3 Å². The summed E-state index contributed by atoms with van der Waals surface area (Å²) in [4.78, 5) is 7.69. The van der Waals surface area contributed by atoms with Crippen LogP contribution in [0.15, 0.2) is 0 Å². The van der Waals surface area contributed by atoms with E-state index in [9.17, 15) is 0 Å². The fourth-order valence-corrected chi connectivity index (χ4v) is 3.93. The molecule has 0 bridgehead atoms. The molecule has 0 aromatic rings. The molecule has 0 atom stereocenters. The van der Waals surface area contributed by atoms with Crippen molar-refractivity contribution < 1.29 is 0 Å². The molecule has 20 heavy (non-hydrogen) atoms. The molecule has 0 radical (unpaired) electrons. The van der Waals surface area contributed by atoms with Crippen LogP contribution in [-0.2, 0) is 0 Å². The maximum atomic E-state index is 6.22. The standard InChI is InChI=1S/C16H34N4/c1-14(2)20-11-7-16(13-17,8-12-20)19(4)15-5-9-18(3)10-6-15/h14-15H,5-13,17H2,1-4H3. The number of piperidine rings is 2. The van der Waals surface area contributed by atoms with Crippen LogP contribution in [0.5, 0.6) is 0 Å². The summed E-state index contributed by atoms with van der Waals surface area (Å²) in [5, 5.41) is 0. The Bertz CT molecular complexity index is 289. The van der Waals surface area contributed by atoms with Gasteiger partial charge in [0.1, 0.15) is 0 Å². The first-order valence-corrected chi connectivity index (χ1v) is 8.34. The van der Waals surface area contributed by atoms with Gasteiger partial charge in [-0.3, -0.25) is 4.90 Å². The zero-order valence-electron chi connectivity index (χ0n) is 13.9. The third kappa shape index (κ3) is 3.35. The highest BCUT2D eigenvalue weighted by Gasteiger charge is 2.40. The zero-order valence-corrected chi connectivity index (χ0v) is 13.9. The lowest BCUT2D eigenvalue weighted by atomic mass is 9.83. The SMILES string of the molecule is CC(C)N1CCC(CN)(N(C)C2CCN(C)CC2)CC1. The average Bonchev–Trinajstić information content (AvgIpc) is 2.47. The fourth-order valence-electron chi connectivity index (χ4n) is 3.93. The molecule has 0 amide bonds. The van der Waals surface area contributed by atoms with Crippen LogP contribution in [0.1, 0.15) is 39.5 Å². The Labute approximate surface area is 125 Å². The molecule has 0 spiro atoms. The van der Waals surface area contributed by atoms with Crippen LogP contribution in [0.2, 0.25) is 0 Å². The van der Waals surface area contributed by atoms with Gasteiger partial charge in [0.05, 0.1) is 0 Å². The molecule has 2 fully saturated rings. The molecule has 0 aliphatic carbocycles. The van der Waals surface area contributed by atoms with E-state index in [4.69, 9.17) is 5.73 Å². The van der Waals surface area contributed by atoms with Gasteiger partial charge in [0.25, 0.3) is 0 Å². The monoisotopic (exact) mass is 282 g/mol. The number of likely N-dealkylation sites (N-methyl/N-ethyl adjacent to an activating group) is 1. The summed E-state index contributed by atoms with van der Waals surface area (Å²) >= 11 is 0.